The predicted molar refractivity (Wildman–Crippen MR) is 110 cm³/mol. The van der Waals surface area contributed by atoms with E-state index in [1.165, 1.54) is 11.8 Å². The van der Waals surface area contributed by atoms with Gasteiger partial charge in [-0.25, -0.2) is 14.6 Å². The minimum absolute atomic E-state index is 0.235. The zero-order chi connectivity index (χ0) is 20.8. The molecule has 0 saturated carbocycles. The Morgan fingerprint density at radius 2 is 2.14 bits per heavy atom. The fourth-order valence-electron chi connectivity index (χ4n) is 2.88. The van der Waals surface area contributed by atoms with Crippen LogP contribution in [0, 0.1) is 0 Å². The second-order valence-corrected chi connectivity index (χ2v) is 6.88. The largest absolute Gasteiger partial charge is 0.481 e. The third-order valence-corrected chi connectivity index (χ3v) is 4.46. The van der Waals surface area contributed by atoms with Gasteiger partial charge in [0.05, 0.1) is 12.7 Å². The van der Waals surface area contributed by atoms with Crippen LogP contribution in [0.1, 0.15) is 18.2 Å². The van der Waals surface area contributed by atoms with Crippen molar-refractivity contribution in [3.8, 4) is 22.8 Å². The second-order valence-electron chi connectivity index (χ2n) is 6.88. The van der Waals surface area contributed by atoms with Crippen molar-refractivity contribution in [2.45, 2.75) is 12.6 Å². The van der Waals surface area contributed by atoms with Gasteiger partial charge < -0.3 is 14.7 Å². The molecule has 0 aromatic carbocycles. The Labute approximate surface area is 169 Å². The van der Waals surface area contributed by atoms with Gasteiger partial charge in [0, 0.05) is 30.2 Å². The predicted octanol–water partition coefficient (Wildman–Crippen LogP) is 1.16. The number of hydrogen-bond donors (Lipinski definition) is 3. The Morgan fingerprint density at radius 1 is 1.31 bits per heavy atom. The fraction of sp³-hybridized carbons (Fsp3) is 0.350. The molecule has 9 nitrogen and oxygen atoms in total. The minimum atomic E-state index is -0.807. The van der Waals surface area contributed by atoms with Gasteiger partial charge in [0.2, 0.25) is 5.88 Å². The zero-order valence-electron chi connectivity index (χ0n) is 16.8. The Bertz CT molecular complexity index is 980. The summed E-state index contributed by atoms with van der Waals surface area (Å²) < 4.78 is 6.47. The summed E-state index contributed by atoms with van der Waals surface area (Å²) in [5.74, 6) is 0.870. The molecule has 3 aromatic heterocycles. The van der Waals surface area contributed by atoms with Crippen LogP contribution < -0.4 is 15.6 Å². The molecule has 154 valence electrons. The third-order valence-electron chi connectivity index (χ3n) is 4.46. The summed E-state index contributed by atoms with van der Waals surface area (Å²) in [6.45, 7) is 1.63. The number of methoxy groups -OCH3 is 1. The van der Waals surface area contributed by atoms with Crippen molar-refractivity contribution in [2.75, 3.05) is 34.3 Å². The van der Waals surface area contributed by atoms with E-state index < -0.39 is 6.23 Å². The Morgan fingerprint density at radius 3 is 2.83 bits per heavy atom. The van der Waals surface area contributed by atoms with E-state index >= 15 is 0 Å². The van der Waals surface area contributed by atoms with Gasteiger partial charge in [-0.05, 0) is 57.4 Å². The summed E-state index contributed by atoms with van der Waals surface area (Å²) in [5, 5.41) is 16.2. The van der Waals surface area contributed by atoms with Crippen molar-refractivity contribution < 1.29 is 9.84 Å². The number of pyridine rings is 2. The lowest BCUT2D eigenvalue weighted by molar-refractivity contribution is 0.137. The molecule has 0 aliphatic rings. The highest BCUT2D eigenvalue weighted by molar-refractivity contribution is 5.62. The molecule has 9 heteroatoms. The van der Waals surface area contributed by atoms with E-state index in [9.17, 15) is 9.90 Å². The summed E-state index contributed by atoms with van der Waals surface area (Å²) in [4.78, 5) is 23.2. The van der Waals surface area contributed by atoms with E-state index in [4.69, 9.17) is 4.74 Å². The maximum atomic E-state index is 12.8. The molecule has 3 aromatic rings. The van der Waals surface area contributed by atoms with Gasteiger partial charge in [-0.1, -0.05) is 0 Å². The number of aliphatic hydroxyl groups is 1. The zero-order valence-corrected chi connectivity index (χ0v) is 16.8. The van der Waals surface area contributed by atoms with Gasteiger partial charge in [-0.3, -0.25) is 15.2 Å². The molecule has 0 amide bonds. The third kappa shape index (κ3) is 5.08. The van der Waals surface area contributed by atoms with E-state index in [0.717, 1.165) is 13.0 Å². The number of ether oxygens (including phenoxy) is 1. The van der Waals surface area contributed by atoms with E-state index in [0.29, 0.717) is 34.9 Å². The number of aliphatic hydroxyl groups excluding tert-OH is 1. The average molecular weight is 398 g/mol. The molecule has 0 bridgehead atoms. The standard InChI is InChI=1S/C20H26N6O3/c1-25(2)10-4-8-22-19(27)15-5-6-17(23-12-15)26-20(28)16(13-24-26)14-7-9-21-18(11-14)29-3/h5-7,9,11-13,19,22,24,27H,4,8,10H2,1-3H3. The number of nitrogens with one attached hydrogen (secondary N) is 2. The summed E-state index contributed by atoms with van der Waals surface area (Å²) in [5.41, 5.74) is 1.59. The van der Waals surface area contributed by atoms with Crippen molar-refractivity contribution in [1.29, 1.82) is 0 Å². The summed E-state index contributed by atoms with van der Waals surface area (Å²) in [6.07, 6.45) is 4.88. The van der Waals surface area contributed by atoms with Crippen molar-refractivity contribution in [3.63, 3.8) is 0 Å². The van der Waals surface area contributed by atoms with Gasteiger partial charge in [-0.15, -0.1) is 0 Å². The van der Waals surface area contributed by atoms with Gasteiger partial charge >= 0.3 is 0 Å². The molecule has 0 radical (unpaired) electrons. The lowest BCUT2D eigenvalue weighted by Crippen LogP contribution is -2.25. The normalized spacial score (nSPS) is 12.3. The molecule has 0 aliphatic carbocycles. The molecular formula is C20H26N6O3. The minimum Gasteiger partial charge on any atom is -0.481 e. The molecule has 0 saturated heterocycles. The van der Waals surface area contributed by atoms with Gasteiger partial charge in [0.1, 0.15) is 6.23 Å². The molecule has 1 atom stereocenters. The molecule has 0 aliphatic heterocycles. The van der Waals surface area contributed by atoms with Gasteiger partial charge in [0.25, 0.3) is 5.56 Å². The Kier molecular flexibility index (Phi) is 6.76. The molecule has 0 spiro atoms. The van der Waals surface area contributed by atoms with Crippen molar-refractivity contribution in [1.82, 2.24) is 30.0 Å². The SMILES string of the molecule is COc1cc(-c2c[nH]n(-c3ccc(C(O)NCCCN(C)C)cn3)c2=O)ccn1. The van der Waals surface area contributed by atoms with Gasteiger partial charge in [-0.2, -0.15) is 0 Å². The first-order chi connectivity index (χ1) is 14.0. The first-order valence-electron chi connectivity index (χ1n) is 9.33. The van der Waals surface area contributed by atoms with Crippen LogP contribution in [0.25, 0.3) is 16.9 Å². The molecular weight excluding hydrogens is 372 g/mol. The molecule has 1 unspecified atom stereocenters. The number of rotatable bonds is 9. The fourth-order valence-corrected chi connectivity index (χ4v) is 2.88. The van der Waals surface area contributed by atoms with Gasteiger partial charge in [0.15, 0.2) is 5.82 Å². The molecule has 0 fully saturated rings. The van der Waals surface area contributed by atoms with Crippen LogP contribution in [0.5, 0.6) is 5.88 Å². The first-order valence-corrected chi connectivity index (χ1v) is 9.33. The maximum Gasteiger partial charge on any atom is 0.280 e. The van der Waals surface area contributed by atoms with Crippen molar-refractivity contribution in [3.05, 3.63) is 58.8 Å². The van der Waals surface area contributed by atoms with Crippen LogP contribution in [0.15, 0.2) is 47.7 Å². The van der Waals surface area contributed by atoms with E-state index in [1.54, 1.807) is 42.9 Å². The van der Waals surface area contributed by atoms with Crippen LogP contribution in [0.2, 0.25) is 0 Å². The van der Waals surface area contributed by atoms with E-state index in [1.807, 2.05) is 14.1 Å². The van der Waals surface area contributed by atoms with E-state index in [2.05, 4.69) is 25.3 Å². The quantitative estimate of drug-likeness (QED) is 0.367. The Balaban J connectivity index is 1.72. The topological polar surface area (TPSA) is 108 Å². The van der Waals surface area contributed by atoms with Crippen LogP contribution in [0.4, 0.5) is 0 Å². The highest BCUT2D eigenvalue weighted by Crippen LogP contribution is 2.19. The highest BCUT2D eigenvalue weighted by Gasteiger charge is 2.13. The van der Waals surface area contributed by atoms with E-state index in [-0.39, 0.29) is 5.56 Å². The number of aromatic amines is 1. The maximum absolute atomic E-state index is 12.8. The number of aromatic nitrogens is 4. The lowest BCUT2D eigenvalue weighted by atomic mass is 10.1. The molecule has 3 heterocycles. The van der Waals surface area contributed by atoms with Crippen LogP contribution in [0.3, 0.4) is 0 Å². The first kappa shape index (κ1) is 20.7. The molecule has 3 N–H and O–H groups in total. The Hall–Kier alpha value is -3.01. The summed E-state index contributed by atoms with van der Waals surface area (Å²) in [6, 6.07) is 6.87. The second kappa shape index (κ2) is 9.46. The van der Waals surface area contributed by atoms with Crippen LogP contribution >= 0.6 is 0 Å². The van der Waals surface area contributed by atoms with Crippen LogP contribution in [-0.2, 0) is 0 Å². The summed E-state index contributed by atoms with van der Waals surface area (Å²) in [7, 11) is 5.55. The highest BCUT2D eigenvalue weighted by atomic mass is 16.5. The molecule has 3 rings (SSSR count). The number of hydrogen-bond acceptors (Lipinski definition) is 7. The lowest BCUT2D eigenvalue weighted by Gasteiger charge is -2.14. The van der Waals surface area contributed by atoms with Crippen LogP contribution in [-0.4, -0.2) is 64.0 Å². The monoisotopic (exact) mass is 398 g/mol. The van der Waals surface area contributed by atoms with Crippen molar-refractivity contribution >= 4 is 0 Å². The number of H-pyrrole nitrogens is 1. The smallest absolute Gasteiger partial charge is 0.280 e. The summed E-state index contributed by atoms with van der Waals surface area (Å²) >= 11 is 0. The average Bonchev–Trinajstić information content (AvgIpc) is 3.12. The molecule has 29 heavy (non-hydrogen) atoms. The number of nitrogens with zero attached hydrogens (tertiary/aromatic N) is 4. The van der Waals surface area contributed by atoms with Crippen molar-refractivity contribution in [2.24, 2.45) is 0 Å².